The molecule has 180 valence electrons. The summed E-state index contributed by atoms with van der Waals surface area (Å²) in [5.41, 5.74) is 3.10. The molecule has 5 rings (SSSR count). The number of ether oxygens (including phenoxy) is 1. The van der Waals surface area contributed by atoms with Gasteiger partial charge >= 0.3 is 0 Å². The van der Waals surface area contributed by atoms with E-state index in [2.05, 4.69) is 4.98 Å². The minimum Gasteiger partial charge on any atom is -0.497 e. The Morgan fingerprint density at radius 1 is 0.861 bits per heavy atom. The van der Waals surface area contributed by atoms with E-state index >= 15 is 0 Å². The molecule has 1 unspecified atom stereocenters. The van der Waals surface area contributed by atoms with Crippen molar-refractivity contribution in [1.29, 1.82) is 0 Å². The minimum atomic E-state index is -1.47. The molecule has 1 atom stereocenters. The van der Waals surface area contributed by atoms with Gasteiger partial charge in [0.15, 0.2) is 0 Å². The molecule has 5 nitrogen and oxygen atoms in total. The molecule has 0 radical (unpaired) electrons. The van der Waals surface area contributed by atoms with Crippen LogP contribution in [-0.4, -0.2) is 36.3 Å². The number of halogens is 1. The molecule has 0 bridgehead atoms. The second-order valence-corrected chi connectivity index (χ2v) is 9.18. The monoisotopic (exact) mass is 495 g/mol. The average Bonchev–Trinajstić information content (AvgIpc) is 2.93. The van der Waals surface area contributed by atoms with Crippen molar-refractivity contribution in [2.45, 2.75) is 5.60 Å². The summed E-state index contributed by atoms with van der Waals surface area (Å²) in [5.74, 6) is 1.49. The molecule has 3 aromatic carbocycles. The Hall–Kier alpha value is -3.93. The van der Waals surface area contributed by atoms with Gasteiger partial charge in [-0.05, 0) is 47.0 Å². The van der Waals surface area contributed by atoms with Gasteiger partial charge in [-0.15, -0.1) is 0 Å². The van der Waals surface area contributed by atoms with E-state index in [1.54, 1.807) is 19.5 Å². The highest BCUT2D eigenvalue weighted by molar-refractivity contribution is 6.38. The second-order valence-electron chi connectivity index (χ2n) is 8.80. The van der Waals surface area contributed by atoms with Crippen molar-refractivity contribution < 1.29 is 9.84 Å². The molecule has 0 amide bonds. The summed E-state index contributed by atoms with van der Waals surface area (Å²) in [4.78, 5) is 11.2. The normalized spacial score (nSPS) is 12.8. The van der Waals surface area contributed by atoms with Gasteiger partial charge in [0.2, 0.25) is 0 Å². The van der Waals surface area contributed by atoms with E-state index in [1.165, 1.54) is 0 Å². The van der Waals surface area contributed by atoms with Gasteiger partial charge in [0.05, 0.1) is 17.6 Å². The van der Waals surface area contributed by atoms with Crippen LogP contribution in [0.3, 0.4) is 0 Å². The molecule has 5 aromatic rings. The number of nitrogens with zero attached hydrogens (tertiary/aromatic N) is 3. The van der Waals surface area contributed by atoms with Crippen LogP contribution < -0.4 is 9.64 Å². The smallest absolute Gasteiger partial charge is 0.142 e. The number of hydrogen-bond donors (Lipinski definition) is 1. The van der Waals surface area contributed by atoms with Crippen molar-refractivity contribution in [3.63, 3.8) is 0 Å². The third-order valence-corrected chi connectivity index (χ3v) is 6.79. The molecule has 0 spiro atoms. The van der Waals surface area contributed by atoms with Crippen LogP contribution >= 0.6 is 11.6 Å². The summed E-state index contributed by atoms with van der Waals surface area (Å²) >= 11 is 7.10. The molecule has 0 aliphatic heterocycles. The third kappa shape index (κ3) is 4.06. The molecule has 36 heavy (non-hydrogen) atoms. The van der Waals surface area contributed by atoms with Gasteiger partial charge in [-0.25, -0.2) is 4.98 Å². The summed E-state index contributed by atoms with van der Waals surface area (Å²) in [6.07, 6.45) is 3.37. The molecular weight excluding hydrogens is 470 g/mol. The Bertz CT molecular complexity index is 1510. The summed E-state index contributed by atoms with van der Waals surface area (Å²) < 4.78 is 5.33. The number of rotatable bonds is 6. The zero-order chi connectivity index (χ0) is 25.3. The topological polar surface area (TPSA) is 58.5 Å². The molecule has 1 N–H and O–H groups in total. The fourth-order valence-electron chi connectivity index (χ4n) is 4.53. The van der Waals surface area contributed by atoms with Crippen LogP contribution in [0, 0.1) is 0 Å². The van der Waals surface area contributed by atoms with Gasteiger partial charge in [-0.1, -0.05) is 66.2 Å². The van der Waals surface area contributed by atoms with Gasteiger partial charge in [-0.3, -0.25) is 4.98 Å². The average molecular weight is 496 g/mol. The van der Waals surface area contributed by atoms with E-state index in [-0.39, 0.29) is 0 Å². The molecule has 0 aliphatic rings. The van der Waals surface area contributed by atoms with Crippen LogP contribution in [0.4, 0.5) is 5.82 Å². The zero-order valence-electron chi connectivity index (χ0n) is 20.3. The molecular formula is C30H26ClN3O2. The van der Waals surface area contributed by atoms with Crippen molar-refractivity contribution in [3.05, 3.63) is 119 Å². The third-order valence-electron chi connectivity index (χ3n) is 6.39. The highest BCUT2D eigenvalue weighted by Crippen LogP contribution is 2.43. The molecule has 0 fully saturated rings. The first kappa shape index (κ1) is 23.8. The lowest BCUT2D eigenvalue weighted by Crippen LogP contribution is -2.29. The van der Waals surface area contributed by atoms with E-state index < -0.39 is 5.60 Å². The lowest BCUT2D eigenvalue weighted by Gasteiger charge is -2.30. The predicted octanol–water partition coefficient (Wildman–Crippen LogP) is 6.31. The summed E-state index contributed by atoms with van der Waals surface area (Å²) in [6, 6.07) is 26.8. The maximum atomic E-state index is 12.3. The van der Waals surface area contributed by atoms with E-state index in [1.807, 2.05) is 104 Å². The second kappa shape index (κ2) is 9.61. The number of anilines is 1. The maximum Gasteiger partial charge on any atom is 0.142 e. The number of hydrogen-bond acceptors (Lipinski definition) is 5. The van der Waals surface area contributed by atoms with E-state index in [9.17, 15) is 5.11 Å². The Balaban J connectivity index is 1.77. The number of aromatic nitrogens is 2. The molecule has 0 saturated heterocycles. The molecule has 2 heterocycles. The van der Waals surface area contributed by atoms with E-state index in [0.717, 1.165) is 27.8 Å². The summed E-state index contributed by atoms with van der Waals surface area (Å²) in [5, 5.41) is 13.7. The number of fused-ring (bicyclic) bond motifs is 1. The Labute approximate surface area is 215 Å². The van der Waals surface area contributed by atoms with Gasteiger partial charge in [0.1, 0.15) is 17.2 Å². The van der Waals surface area contributed by atoms with Crippen LogP contribution in [0.25, 0.3) is 22.0 Å². The van der Waals surface area contributed by atoms with Gasteiger partial charge in [0.25, 0.3) is 0 Å². The van der Waals surface area contributed by atoms with E-state index in [4.69, 9.17) is 21.3 Å². The first-order valence-corrected chi connectivity index (χ1v) is 11.9. The lowest BCUT2D eigenvalue weighted by atomic mass is 9.80. The number of methoxy groups -OCH3 is 1. The quantitative estimate of drug-likeness (QED) is 0.299. The highest BCUT2D eigenvalue weighted by Gasteiger charge is 2.35. The standard InChI is InChI=1S/C30H26ClN3O2/c1-34(2)29-27(20-8-5-4-6-9-20)28(31)25-18-22(13-16-26(25)33-29)30(35,23-10-7-17-32-19-23)21-11-14-24(36-3)15-12-21/h4-19,35H,1-3H3. The SMILES string of the molecule is COc1ccc(C(O)(c2cccnc2)c2ccc3nc(N(C)C)c(-c4ccccc4)c(Cl)c3c2)cc1. The first-order valence-electron chi connectivity index (χ1n) is 11.6. The van der Waals surface area contributed by atoms with E-state index in [0.29, 0.717) is 27.5 Å². The molecule has 6 heteroatoms. The van der Waals surface area contributed by atoms with Crippen molar-refractivity contribution in [1.82, 2.24) is 9.97 Å². The van der Waals surface area contributed by atoms with Crippen LogP contribution in [-0.2, 0) is 5.60 Å². The fourth-order valence-corrected chi connectivity index (χ4v) is 4.88. The van der Waals surface area contributed by atoms with Gasteiger partial charge in [-0.2, -0.15) is 0 Å². The number of aliphatic hydroxyl groups is 1. The van der Waals surface area contributed by atoms with Crippen LogP contribution in [0.2, 0.25) is 5.02 Å². The summed E-state index contributed by atoms with van der Waals surface area (Å²) in [7, 11) is 5.53. The molecule has 0 aliphatic carbocycles. The number of benzene rings is 3. The van der Waals surface area contributed by atoms with Crippen LogP contribution in [0.15, 0.2) is 97.3 Å². The molecule has 0 saturated carbocycles. The van der Waals surface area contributed by atoms with Gasteiger partial charge < -0.3 is 14.7 Å². The first-order chi connectivity index (χ1) is 17.4. The number of pyridine rings is 2. The Morgan fingerprint density at radius 3 is 2.22 bits per heavy atom. The Morgan fingerprint density at radius 2 is 1.58 bits per heavy atom. The minimum absolute atomic E-state index is 0.583. The van der Waals surface area contributed by atoms with Crippen molar-refractivity contribution in [3.8, 4) is 16.9 Å². The van der Waals surface area contributed by atoms with Gasteiger partial charge in [0, 0.05) is 43.0 Å². The lowest BCUT2D eigenvalue weighted by molar-refractivity contribution is 0.125. The van der Waals surface area contributed by atoms with Crippen molar-refractivity contribution >= 4 is 28.3 Å². The Kier molecular flexibility index (Phi) is 6.35. The van der Waals surface area contributed by atoms with Crippen LogP contribution in [0.1, 0.15) is 16.7 Å². The maximum absolute atomic E-state index is 12.3. The van der Waals surface area contributed by atoms with Crippen molar-refractivity contribution in [2.24, 2.45) is 0 Å². The van der Waals surface area contributed by atoms with Crippen molar-refractivity contribution in [2.75, 3.05) is 26.1 Å². The van der Waals surface area contributed by atoms with Crippen LogP contribution in [0.5, 0.6) is 5.75 Å². The summed E-state index contributed by atoms with van der Waals surface area (Å²) in [6.45, 7) is 0. The zero-order valence-corrected chi connectivity index (χ0v) is 21.1. The molecule has 2 aromatic heterocycles. The highest BCUT2D eigenvalue weighted by atomic mass is 35.5. The fraction of sp³-hybridized carbons (Fsp3) is 0.133. The predicted molar refractivity (Wildman–Crippen MR) is 146 cm³/mol. The largest absolute Gasteiger partial charge is 0.497 e.